The molecule has 1 aromatic rings. The standard InChI is InChI=1S/C14H15FO4/c1-9-2-3-11(15)6-10(9)7-14(13(17)18)8-19-5-4-12(14)16/h2-3,6H,4-5,7-8H2,1H3,(H,17,18). The minimum Gasteiger partial charge on any atom is -0.480 e. The number of benzene rings is 1. The summed E-state index contributed by atoms with van der Waals surface area (Å²) in [6, 6.07) is 4.17. The van der Waals surface area contributed by atoms with Crippen molar-refractivity contribution in [3.8, 4) is 0 Å². The van der Waals surface area contributed by atoms with Gasteiger partial charge in [0.2, 0.25) is 0 Å². The predicted octanol–water partition coefficient (Wildman–Crippen LogP) is 1.74. The maximum absolute atomic E-state index is 13.3. The van der Waals surface area contributed by atoms with Crippen LogP contribution in [-0.2, 0) is 20.7 Å². The number of aryl methyl sites for hydroxylation is 1. The summed E-state index contributed by atoms with van der Waals surface area (Å²) < 4.78 is 18.4. The molecule has 1 N–H and O–H groups in total. The maximum Gasteiger partial charge on any atom is 0.319 e. The molecule has 0 spiro atoms. The van der Waals surface area contributed by atoms with Gasteiger partial charge < -0.3 is 9.84 Å². The van der Waals surface area contributed by atoms with Crippen LogP contribution in [0.4, 0.5) is 4.39 Å². The van der Waals surface area contributed by atoms with E-state index in [1.54, 1.807) is 13.0 Å². The molecular formula is C14H15FO4. The molecule has 1 saturated heterocycles. The van der Waals surface area contributed by atoms with E-state index in [1.807, 2.05) is 0 Å². The van der Waals surface area contributed by atoms with Crippen molar-refractivity contribution in [3.63, 3.8) is 0 Å². The quantitative estimate of drug-likeness (QED) is 0.846. The molecule has 1 aliphatic heterocycles. The molecule has 102 valence electrons. The van der Waals surface area contributed by atoms with Gasteiger partial charge in [0.1, 0.15) is 5.82 Å². The molecule has 4 nitrogen and oxygen atoms in total. The van der Waals surface area contributed by atoms with E-state index in [0.717, 1.165) is 5.56 Å². The highest BCUT2D eigenvalue weighted by Crippen LogP contribution is 2.31. The van der Waals surface area contributed by atoms with Gasteiger partial charge in [-0.3, -0.25) is 9.59 Å². The van der Waals surface area contributed by atoms with Gasteiger partial charge in [0.25, 0.3) is 0 Å². The fourth-order valence-corrected chi connectivity index (χ4v) is 2.29. The number of aliphatic carboxylic acids is 1. The maximum atomic E-state index is 13.3. The van der Waals surface area contributed by atoms with Crippen molar-refractivity contribution in [1.82, 2.24) is 0 Å². The van der Waals surface area contributed by atoms with Gasteiger partial charge >= 0.3 is 5.97 Å². The Hall–Kier alpha value is -1.75. The Kier molecular flexibility index (Phi) is 3.66. The van der Waals surface area contributed by atoms with E-state index < -0.39 is 17.2 Å². The zero-order valence-electron chi connectivity index (χ0n) is 10.6. The molecule has 2 rings (SSSR count). The van der Waals surface area contributed by atoms with Crippen LogP contribution in [0.25, 0.3) is 0 Å². The first-order valence-electron chi connectivity index (χ1n) is 6.05. The van der Waals surface area contributed by atoms with Crippen LogP contribution < -0.4 is 0 Å². The molecule has 1 aromatic carbocycles. The second-order valence-electron chi connectivity index (χ2n) is 4.86. The van der Waals surface area contributed by atoms with Gasteiger partial charge in [-0.05, 0) is 36.6 Å². The summed E-state index contributed by atoms with van der Waals surface area (Å²) in [5.41, 5.74) is -0.293. The number of hydrogen-bond donors (Lipinski definition) is 1. The fraction of sp³-hybridized carbons (Fsp3) is 0.429. The van der Waals surface area contributed by atoms with E-state index in [0.29, 0.717) is 5.56 Å². The highest BCUT2D eigenvalue weighted by atomic mass is 19.1. The predicted molar refractivity (Wildman–Crippen MR) is 65.4 cm³/mol. The highest BCUT2D eigenvalue weighted by molar-refractivity contribution is 6.04. The minimum atomic E-state index is -1.59. The first-order valence-corrected chi connectivity index (χ1v) is 6.05. The van der Waals surface area contributed by atoms with Crippen molar-refractivity contribution in [2.75, 3.05) is 13.2 Å². The van der Waals surface area contributed by atoms with Crippen molar-refractivity contribution < 1.29 is 23.8 Å². The molecule has 1 aliphatic rings. The molecular weight excluding hydrogens is 251 g/mol. The molecule has 1 unspecified atom stereocenters. The van der Waals surface area contributed by atoms with Gasteiger partial charge in [0, 0.05) is 6.42 Å². The Bertz CT molecular complexity index is 526. The Morgan fingerprint density at radius 1 is 1.53 bits per heavy atom. The summed E-state index contributed by atoms with van der Waals surface area (Å²) in [5, 5.41) is 9.39. The van der Waals surface area contributed by atoms with Crippen molar-refractivity contribution in [1.29, 1.82) is 0 Å². The number of carbonyl (C=O) groups excluding carboxylic acids is 1. The van der Waals surface area contributed by atoms with Gasteiger partial charge in [0.05, 0.1) is 13.2 Å². The molecule has 0 aromatic heterocycles. The summed E-state index contributed by atoms with van der Waals surface area (Å²) in [6.45, 7) is 1.85. The lowest BCUT2D eigenvalue weighted by Crippen LogP contribution is -2.48. The van der Waals surface area contributed by atoms with Gasteiger partial charge in [-0.25, -0.2) is 4.39 Å². The van der Waals surface area contributed by atoms with E-state index in [2.05, 4.69) is 0 Å². The summed E-state index contributed by atoms with van der Waals surface area (Å²) in [4.78, 5) is 23.5. The number of ketones is 1. The van der Waals surface area contributed by atoms with Crippen molar-refractivity contribution in [2.45, 2.75) is 19.8 Å². The topological polar surface area (TPSA) is 63.6 Å². The summed E-state index contributed by atoms with van der Waals surface area (Å²) in [6.07, 6.45) is 0.0470. The van der Waals surface area contributed by atoms with Crippen molar-refractivity contribution in [3.05, 3.63) is 35.1 Å². The number of hydrogen-bond acceptors (Lipinski definition) is 3. The Labute approximate surface area is 110 Å². The molecule has 0 aliphatic carbocycles. The molecule has 0 bridgehead atoms. The lowest BCUT2D eigenvalue weighted by Gasteiger charge is -2.32. The van der Waals surface area contributed by atoms with Crippen molar-refractivity contribution in [2.24, 2.45) is 5.41 Å². The van der Waals surface area contributed by atoms with E-state index in [-0.39, 0.29) is 31.8 Å². The zero-order chi connectivity index (χ0) is 14.0. The average molecular weight is 266 g/mol. The van der Waals surface area contributed by atoms with Gasteiger partial charge in [0.15, 0.2) is 11.2 Å². The fourth-order valence-electron chi connectivity index (χ4n) is 2.29. The van der Waals surface area contributed by atoms with Gasteiger partial charge in [-0.2, -0.15) is 0 Å². The Morgan fingerprint density at radius 2 is 2.26 bits per heavy atom. The van der Waals surface area contributed by atoms with Crippen LogP contribution in [0.15, 0.2) is 18.2 Å². The number of carboxylic acids is 1. The van der Waals surface area contributed by atoms with Crippen LogP contribution in [0.2, 0.25) is 0 Å². The van der Waals surface area contributed by atoms with Crippen molar-refractivity contribution >= 4 is 11.8 Å². The van der Waals surface area contributed by atoms with Crippen LogP contribution in [0.3, 0.4) is 0 Å². The largest absolute Gasteiger partial charge is 0.480 e. The number of halogens is 1. The number of ether oxygens (including phenoxy) is 1. The molecule has 1 heterocycles. The Balaban J connectivity index is 2.38. The number of carbonyl (C=O) groups is 2. The summed E-state index contributed by atoms with van der Waals surface area (Å²) >= 11 is 0. The second-order valence-corrected chi connectivity index (χ2v) is 4.86. The van der Waals surface area contributed by atoms with Crippen LogP contribution in [0.1, 0.15) is 17.5 Å². The molecule has 19 heavy (non-hydrogen) atoms. The van der Waals surface area contributed by atoms with E-state index in [9.17, 15) is 19.1 Å². The molecule has 0 saturated carbocycles. The average Bonchev–Trinajstić information content (AvgIpc) is 2.36. The molecule has 1 atom stereocenters. The van der Waals surface area contributed by atoms with E-state index >= 15 is 0 Å². The van der Waals surface area contributed by atoms with Gasteiger partial charge in [-0.1, -0.05) is 6.07 Å². The van der Waals surface area contributed by atoms with Crippen LogP contribution >= 0.6 is 0 Å². The minimum absolute atomic E-state index is 0.0369. The lowest BCUT2D eigenvalue weighted by molar-refractivity contribution is -0.164. The second kappa shape index (κ2) is 5.09. The van der Waals surface area contributed by atoms with Crippen LogP contribution in [0.5, 0.6) is 0 Å². The third-order valence-corrected chi connectivity index (χ3v) is 3.57. The van der Waals surface area contributed by atoms with E-state index in [4.69, 9.17) is 4.74 Å². The number of rotatable bonds is 3. The first-order chi connectivity index (χ1) is 8.95. The molecule has 0 radical (unpaired) electrons. The lowest BCUT2D eigenvalue weighted by atomic mass is 9.75. The summed E-state index contributed by atoms with van der Waals surface area (Å²) in [5.74, 6) is -2.00. The number of Topliss-reactive ketones (excluding diaryl/α,β-unsaturated/α-hetero) is 1. The Morgan fingerprint density at radius 3 is 2.89 bits per heavy atom. The molecule has 5 heteroatoms. The monoisotopic (exact) mass is 266 g/mol. The van der Waals surface area contributed by atoms with Gasteiger partial charge in [-0.15, -0.1) is 0 Å². The molecule has 0 amide bonds. The van der Waals surface area contributed by atoms with Crippen LogP contribution in [-0.4, -0.2) is 30.1 Å². The third-order valence-electron chi connectivity index (χ3n) is 3.57. The van der Waals surface area contributed by atoms with E-state index in [1.165, 1.54) is 12.1 Å². The smallest absolute Gasteiger partial charge is 0.319 e. The number of carboxylic acid groups (broad SMARTS) is 1. The third kappa shape index (κ3) is 2.51. The normalized spacial score (nSPS) is 23.4. The SMILES string of the molecule is Cc1ccc(F)cc1CC1(C(=O)O)COCCC1=O. The highest BCUT2D eigenvalue weighted by Gasteiger charge is 2.48. The summed E-state index contributed by atoms with van der Waals surface area (Å²) in [7, 11) is 0. The first kappa shape index (κ1) is 13.7. The molecule has 1 fully saturated rings. The van der Waals surface area contributed by atoms with Crippen LogP contribution in [0, 0.1) is 18.2 Å². The zero-order valence-corrected chi connectivity index (χ0v) is 10.6.